The molecule has 0 saturated carbocycles. The molecule has 4 N–H and O–H groups in total. The van der Waals surface area contributed by atoms with E-state index in [2.05, 4.69) is 33.3 Å². The molecule has 0 radical (unpaired) electrons. The van der Waals surface area contributed by atoms with Gasteiger partial charge in [-0.25, -0.2) is 0 Å². The predicted octanol–water partition coefficient (Wildman–Crippen LogP) is 3.79. The van der Waals surface area contributed by atoms with E-state index in [1.807, 2.05) is 6.92 Å². The van der Waals surface area contributed by atoms with E-state index in [4.69, 9.17) is 17.4 Å². The molecule has 0 unspecified atom stereocenters. The van der Waals surface area contributed by atoms with Gasteiger partial charge in [-0.3, -0.25) is 10.6 Å². The molecule has 0 aromatic heterocycles. The maximum Gasteiger partial charge on any atom is 0.255 e. The summed E-state index contributed by atoms with van der Waals surface area (Å²) in [6, 6.07) is 10.6. The topological polar surface area (TPSA) is 67.2 Å². The molecule has 0 atom stereocenters. The Kier molecular flexibility index (Phi) is 4.85. The Balaban J connectivity index is 2.21. The fraction of sp³-hybridized carbons (Fsp3) is 0.0714. The standard InChI is InChI=1S/C14H13ClIN3O/c1-8-6-9(2-4-12(8)19-17)14(20)18-13-5-3-10(15)7-11(13)16/h2-7,19H,17H2,1H3,(H,18,20). The van der Waals surface area contributed by atoms with Crippen LogP contribution in [-0.2, 0) is 0 Å². The highest BCUT2D eigenvalue weighted by Gasteiger charge is 2.10. The molecule has 6 heteroatoms. The van der Waals surface area contributed by atoms with Crippen molar-refractivity contribution < 1.29 is 4.79 Å². The van der Waals surface area contributed by atoms with E-state index in [9.17, 15) is 4.79 Å². The number of hydrazine groups is 1. The van der Waals surface area contributed by atoms with Crippen LogP contribution in [0.5, 0.6) is 0 Å². The highest BCUT2D eigenvalue weighted by Crippen LogP contribution is 2.23. The van der Waals surface area contributed by atoms with Gasteiger partial charge in [-0.1, -0.05) is 11.6 Å². The molecule has 0 saturated heterocycles. The van der Waals surface area contributed by atoms with Crippen molar-refractivity contribution >= 4 is 51.5 Å². The molecule has 0 aliphatic rings. The minimum atomic E-state index is -0.170. The molecule has 2 rings (SSSR count). The first-order valence-corrected chi connectivity index (χ1v) is 7.30. The summed E-state index contributed by atoms with van der Waals surface area (Å²) < 4.78 is 0.889. The van der Waals surface area contributed by atoms with Gasteiger partial charge in [0, 0.05) is 14.2 Å². The SMILES string of the molecule is Cc1cc(C(=O)Nc2ccc(Cl)cc2I)ccc1NN. The molecule has 2 aromatic carbocycles. The summed E-state index contributed by atoms with van der Waals surface area (Å²) in [6.07, 6.45) is 0. The van der Waals surface area contributed by atoms with Crippen molar-refractivity contribution in [2.45, 2.75) is 6.92 Å². The van der Waals surface area contributed by atoms with Crippen molar-refractivity contribution in [3.63, 3.8) is 0 Å². The largest absolute Gasteiger partial charge is 0.324 e. The summed E-state index contributed by atoms with van der Waals surface area (Å²) >= 11 is 8.02. The van der Waals surface area contributed by atoms with Crippen LogP contribution in [-0.4, -0.2) is 5.91 Å². The average molecular weight is 402 g/mol. The van der Waals surface area contributed by atoms with E-state index in [0.29, 0.717) is 10.6 Å². The van der Waals surface area contributed by atoms with Gasteiger partial charge < -0.3 is 10.7 Å². The van der Waals surface area contributed by atoms with Crippen molar-refractivity contribution in [2.24, 2.45) is 5.84 Å². The zero-order valence-corrected chi connectivity index (χ0v) is 13.6. The molecule has 0 aliphatic heterocycles. The van der Waals surface area contributed by atoms with Gasteiger partial charge in [0.05, 0.1) is 11.4 Å². The molecule has 0 fully saturated rings. The number of rotatable bonds is 3. The first-order chi connectivity index (χ1) is 9.51. The number of hydrogen-bond acceptors (Lipinski definition) is 3. The molecule has 0 heterocycles. The van der Waals surface area contributed by atoms with E-state index in [0.717, 1.165) is 20.5 Å². The maximum atomic E-state index is 12.2. The summed E-state index contributed by atoms with van der Waals surface area (Å²) in [5.41, 5.74) is 5.59. The van der Waals surface area contributed by atoms with Gasteiger partial charge in [0.2, 0.25) is 0 Å². The lowest BCUT2D eigenvalue weighted by Crippen LogP contribution is -2.14. The van der Waals surface area contributed by atoms with Gasteiger partial charge in [0.1, 0.15) is 0 Å². The molecule has 2 aromatic rings. The Labute approximate surface area is 135 Å². The Bertz CT molecular complexity index is 661. The summed E-state index contributed by atoms with van der Waals surface area (Å²) in [4.78, 5) is 12.2. The van der Waals surface area contributed by atoms with E-state index in [1.54, 1.807) is 36.4 Å². The van der Waals surface area contributed by atoms with Crippen LogP contribution in [0.2, 0.25) is 5.02 Å². The molecule has 4 nitrogen and oxygen atoms in total. The zero-order chi connectivity index (χ0) is 14.7. The first-order valence-electron chi connectivity index (χ1n) is 5.85. The van der Waals surface area contributed by atoms with Gasteiger partial charge in [-0.2, -0.15) is 0 Å². The van der Waals surface area contributed by atoms with Crippen LogP contribution in [0, 0.1) is 10.5 Å². The van der Waals surface area contributed by atoms with Crippen molar-refractivity contribution in [2.75, 3.05) is 10.7 Å². The van der Waals surface area contributed by atoms with Crippen LogP contribution in [0.4, 0.5) is 11.4 Å². The molecule has 0 spiro atoms. The highest BCUT2D eigenvalue weighted by atomic mass is 127. The number of hydrogen-bond donors (Lipinski definition) is 3. The van der Waals surface area contributed by atoms with E-state index < -0.39 is 0 Å². The van der Waals surface area contributed by atoms with Crippen molar-refractivity contribution in [3.05, 3.63) is 56.1 Å². The molecular weight excluding hydrogens is 389 g/mol. The third-order valence-corrected chi connectivity index (χ3v) is 3.95. The van der Waals surface area contributed by atoms with Gasteiger partial charge >= 0.3 is 0 Å². The average Bonchev–Trinajstić information content (AvgIpc) is 2.41. The predicted molar refractivity (Wildman–Crippen MR) is 91.1 cm³/mol. The summed E-state index contributed by atoms with van der Waals surface area (Å²) in [6.45, 7) is 1.89. The third kappa shape index (κ3) is 3.41. The van der Waals surface area contributed by atoms with E-state index in [1.165, 1.54) is 0 Å². The number of nitrogens with one attached hydrogen (secondary N) is 2. The Morgan fingerprint density at radius 2 is 1.90 bits per heavy atom. The number of amides is 1. The lowest BCUT2D eigenvalue weighted by molar-refractivity contribution is 0.102. The second kappa shape index (κ2) is 6.43. The van der Waals surface area contributed by atoms with Gasteiger partial charge in [-0.05, 0) is 71.5 Å². The second-order valence-corrected chi connectivity index (χ2v) is 5.85. The first kappa shape index (κ1) is 15.1. The number of carbonyl (C=O) groups is 1. The van der Waals surface area contributed by atoms with E-state index in [-0.39, 0.29) is 5.91 Å². The second-order valence-electron chi connectivity index (χ2n) is 4.25. The van der Waals surface area contributed by atoms with Crippen LogP contribution < -0.4 is 16.6 Å². The number of halogens is 2. The monoisotopic (exact) mass is 401 g/mol. The number of nitrogens with two attached hydrogens (primary N) is 1. The smallest absolute Gasteiger partial charge is 0.255 e. The van der Waals surface area contributed by atoms with E-state index >= 15 is 0 Å². The number of nitrogen functional groups attached to an aromatic ring is 1. The minimum absolute atomic E-state index is 0.170. The summed E-state index contributed by atoms with van der Waals surface area (Å²) in [5.74, 6) is 5.20. The van der Waals surface area contributed by atoms with Crippen molar-refractivity contribution in [3.8, 4) is 0 Å². The number of aryl methyl sites for hydroxylation is 1. The molecule has 1 amide bonds. The van der Waals surface area contributed by atoms with Crippen LogP contribution in [0.3, 0.4) is 0 Å². The van der Waals surface area contributed by atoms with Gasteiger partial charge in [-0.15, -0.1) is 0 Å². The summed E-state index contributed by atoms with van der Waals surface area (Å²) in [7, 11) is 0. The fourth-order valence-electron chi connectivity index (χ4n) is 1.75. The third-order valence-electron chi connectivity index (χ3n) is 2.82. The number of carbonyl (C=O) groups excluding carboxylic acids is 1. The van der Waals surface area contributed by atoms with Crippen molar-refractivity contribution in [1.29, 1.82) is 0 Å². The van der Waals surface area contributed by atoms with Gasteiger partial charge in [0.25, 0.3) is 5.91 Å². The fourth-order valence-corrected chi connectivity index (χ4v) is 2.76. The highest BCUT2D eigenvalue weighted by molar-refractivity contribution is 14.1. The maximum absolute atomic E-state index is 12.2. The molecular formula is C14H13ClIN3O. The Morgan fingerprint density at radius 3 is 2.50 bits per heavy atom. The van der Waals surface area contributed by atoms with Crippen LogP contribution in [0.15, 0.2) is 36.4 Å². The molecule has 0 aliphatic carbocycles. The lowest BCUT2D eigenvalue weighted by Gasteiger charge is -2.10. The van der Waals surface area contributed by atoms with Crippen LogP contribution >= 0.6 is 34.2 Å². The van der Waals surface area contributed by atoms with Crippen molar-refractivity contribution in [1.82, 2.24) is 0 Å². The number of benzene rings is 2. The lowest BCUT2D eigenvalue weighted by atomic mass is 10.1. The molecule has 104 valence electrons. The zero-order valence-electron chi connectivity index (χ0n) is 10.7. The molecule has 0 bridgehead atoms. The van der Waals surface area contributed by atoms with Crippen LogP contribution in [0.1, 0.15) is 15.9 Å². The molecule has 20 heavy (non-hydrogen) atoms. The Morgan fingerprint density at radius 1 is 1.20 bits per heavy atom. The quantitative estimate of drug-likeness (QED) is 0.416. The van der Waals surface area contributed by atoms with Gasteiger partial charge in [0.15, 0.2) is 0 Å². The summed E-state index contributed by atoms with van der Waals surface area (Å²) in [5, 5.41) is 3.50. The normalized spacial score (nSPS) is 10.2. The number of anilines is 2. The minimum Gasteiger partial charge on any atom is -0.324 e. The van der Waals surface area contributed by atoms with Crippen LogP contribution in [0.25, 0.3) is 0 Å². The Hall–Kier alpha value is -1.31.